The molecular formula is C28H24Cl3FN4O5. The van der Waals surface area contributed by atoms with E-state index in [0.717, 1.165) is 23.6 Å². The predicted molar refractivity (Wildman–Crippen MR) is 153 cm³/mol. The van der Waals surface area contributed by atoms with Gasteiger partial charge < -0.3 is 26.4 Å². The van der Waals surface area contributed by atoms with Gasteiger partial charge in [0.25, 0.3) is 5.91 Å². The van der Waals surface area contributed by atoms with Gasteiger partial charge in [0.15, 0.2) is 0 Å². The second-order valence-corrected chi connectivity index (χ2v) is 10.5. The van der Waals surface area contributed by atoms with E-state index in [1.165, 1.54) is 24.3 Å². The van der Waals surface area contributed by atoms with Crippen molar-refractivity contribution < 1.29 is 28.7 Å². The Morgan fingerprint density at radius 1 is 1.00 bits per heavy atom. The molecule has 4 rings (SSSR count). The molecule has 9 nitrogen and oxygen atoms in total. The third kappa shape index (κ3) is 7.46. The number of nitrogens with one attached hydrogen (secondary N) is 4. The van der Waals surface area contributed by atoms with E-state index >= 15 is 0 Å². The third-order valence-electron chi connectivity index (χ3n) is 6.45. The average Bonchev–Trinajstić information content (AvgIpc) is 3.32. The molecule has 1 unspecified atom stereocenters. The summed E-state index contributed by atoms with van der Waals surface area (Å²) in [6, 6.07) is 11.9. The Kier molecular flexibility index (Phi) is 9.69. The van der Waals surface area contributed by atoms with Gasteiger partial charge in [-0.05, 0) is 53.8 Å². The number of carbonyl (C=O) groups is 4. The zero-order valence-corrected chi connectivity index (χ0v) is 23.5. The van der Waals surface area contributed by atoms with Crippen LogP contribution >= 0.6 is 34.8 Å². The highest BCUT2D eigenvalue weighted by Gasteiger charge is 2.27. The molecule has 0 aliphatic heterocycles. The standard InChI is InChI=1S/C28H24Cl3FN4O5/c29-17-7-10-21(34-23(37)12-14-5-8-19(32)18(30)11-14)25(31)24(17)26(38)35-22(27(39)40)13-33-28(41)36-20-9-6-15-3-1-2-4-16(15)20/h1-5,7-8,10-11,20,22H,6,9,12-13H2,(H,34,37)(H,35,38)(H,39,40)(H2,33,36,41)/t20?,22-/m0/s1. The Labute approximate surface area is 249 Å². The summed E-state index contributed by atoms with van der Waals surface area (Å²) >= 11 is 18.3. The molecule has 0 saturated carbocycles. The number of carboxylic acid groups (broad SMARTS) is 1. The fraction of sp³-hybridized carbons (Fsp3) is 0.214. The van der Waals surface area contributed by atoms with Crippen LogP contribution in [-0.2, 0) is 22.4 Å². The molecule has 2 atom stereocenters. The Balaban J connectivity index is 1.38. The van der Waals surface area contributed by atoms with Crippen molar-refractivity contribution in [3.8, 4) is 0 Å². The van der Waals surface area contributed by atoms with Crippen molar-refractivity contribution in [2.45, 2.75) is 31.3 Å². The van der Waals surface area contributed by atoms with Crippen molar-refractivity contribution >= 4 is 64.3 Å². The van der Waals surface area contributed by atoms with Crippen LogP contribution in [0.4, 0.5) is 14.9 Å². The van der Waals surface area contributed by atoms with Crippen molar-refractivity contribution in [2.24, 2.45) is 0 Å². The Morgan fingerprint density at radius 3 is 2.49 bits per heavy atom. The normalized spacial score (nSPS) is 14.5. The molecule has 0 spiro atoms. The second kappa shape index (κ2) is 13.2. The SMILES string of the molecule is O=C(Cc1ccc(F)c(Cl)c1)Nc1ccc(Cl)c(C(=O)N[C@@H](CNC(=O)NC2CCc3ccccc32)C(=O)O)c1Cl. The maximum Gasteiger partial charge on any atom is 0.328 e. The minimum atomic E-state index is -1.52. The summed E-state index contributed by atoms with van der Waals surface area (Å²) in [6.07, 6.45) is 1.37. The fourth-order valence-corrected chi connectivity index (χ4v) is 5.22. The Bertz CT molecular complexity index is 1520. The molecule has 41 heavy (non-hydrogen) atoms. The third-order valence-corrected chi connectivity index (χ3v) is 7.45. The fourth-order valence-electron chi connectivity index (χ4n) is 4.43. The van der Waals surface area contributed by atoms with Gasteiger partial charge in [-0.25, -0.2) is 14.0 Å². The zero-order chi connectivity index (χ0) is 29.7. The van der Waals surface area contributed by atoms with E-state index in [4.69, 9.17) is 34.8 Å². The molecule has 3 aromatic carbocycles. The van der Waals surface area contributed by atoms with Crippen molar-refractivity contribution in [1.82, 2.24) is 16.0 Å². The first kappa shape index (κ1) is 30.1. The van der Waals surface area contributed by atoms with Gasteiger partial charge in [0, 0.05) is 0 Å². The Morgan fingerprint density at radius 2 is 1.76 bits per heavy atom. The molecule has 0 saturated heterocycles. The lowest BCUT2D eigenvalue weighted by Crippen LogP contribution is -2.50. The van der Waals surface area contributed by atoms with Gasteiger partial charge >= 0.3 is 12.0 Å². The van der Waals surface area contributed by atoms with Crippen LogP contribution in [0.3, 0.4) is 0 Å². The number of carbonyl (C=O) groups excluding carboxylic acids is 3. The lowest BCUT2D eigenvalue weighted by Gasteiger charge is -2.19. The molecule has 0 radical (unpaired) electrons. The molecule has 1 aliphatic rings. The number of aryl methyl sites for hydroxylation is 1. The van der Waals surface area contributed by atoms with Gasteiger partial charge in [-0.15, -0.1) is 0 Å². The number of rotatable bonds is 9. The van der Waals surface area contributed by atoms with Crippen LogP contribution in [0, 0.1) is 5.82 Å². The molecule has 1 aliphatic carbocycles. The smallest absolute Gasteiger partial charge is 0.328 e. The lowest BCUT2D eigenvalue weighted by molar-refractivity contribution is -0.139. The highest BCUT2D eigenvalue weighted by molar-refractivity contribution is 6.41. The number of fused-ring (bicyclic) bond motifs is 1. The van der Waals surface area contributed by atoms with E-state index in [1.807, 2.05) is 24.3 Å². The van der Waals surface area contributed by atoms with E-state index < -0.39 is 42.2 Å². The minimum absolute atomic E-state index is 0.0423. The molecule has 0 fully saturated rings. The highest BCUT2D eigenvalue weighted by Crippen LogP contribution is 2.32. The number of hydrogen-bond donors (Lipinski definition) is 5. The van der Waals surface area contributed by atoms with Crippen LogP contribution in [0.5, 0.6) is 0 Å². The number of aliphatic carboxylic acids is 1. The zero-order valence-electron chi connectivity index (χ0n) is 21.3. The van der Waals surface area contributed by atoms with E-state index in [9.17, 15) is 28.7 Å². The molecular weight excluding hydrogens is 598 g/mol. The number of benzene rings is 3. The monoisotopic (exact) mass is 620 g/mol. The Hall–Kier alpha value is -3.86. The quantitative estimate of drug-likeness (QED) is 0.226. The van der Waals surface area contributed by atoms with E-state index in [1.54, 1.807) is 0 Å². The largest absolute Gasteiger partial charge is 0.480 e. The van der Waals surface area contributed by atoms with Gasteiger partial charge in [-0.1, -0.05) is 65.1 Å². The lowest BCUT2D eigenvalue weighted by atomic mass is 10.1. The van der Waals surface area contributed by atoms with Gasteiger partial charge in [-0.2, -0.15) is 0 Å². The number of hydrogen-bond acceptors (Lipinski definition) is 4. The maximum absolute atomic E-state index is 13.4. The first-order chi connectivity index (χ1) is 19.5. The minimum Gasteiger partial charge on any atom is -0.480 e. The molecule has 214 valence electrons. The topological polar surface area (TPSA) is 137 Å². The van der Waals surface area contributed by atoms with Crippen LogP contribution < -0.4 is 21.3 Å². The number of urea groups is 1. The second-order valence-electron chi connectivity index (χ2n) is 9.27. The van der Waals surface area contributed by atoms with E-state index in [0.29, 0.717) is 12.0 Å². The summed E-state index contributed by atoms with van der Waals surface area (Å²) in [5.41, 5.74) is 2.36. The predicted octanol–water partition coefficient (Wildman–Crippen LogP) is 5.14. The molecule has 4 amide bonds. The van der Waals surface area contributed by atoms with Gasteiger partial charge in [0.2, 0.25) is 5.91 Å². The number of halogens is 4. The van der Waals surface area contributed by atoms with E-state index in [-0.39, 0.29) is 38.8 Å². The molecule has 13 heteroatoms. The average molecular weight is 622 g/mol. The van der Waals surface area contributed by atoms with Gasteiger partial charge in [-0.3, -0.25) is 9.59 Å². The molecule has 5 N–H and O–H groups in total. The first-order valence-corrected chi connectivity index (χ1v) is 13.5. The van der Waals surface area contributed by atoms with Crippen molar-refractivity contribution in [2.75, 3.05) is 11.9 Å². The van der Waals surface area contributed by atoms with Crippen LogP contribution in [0.1, 0.15) is 39.5 Å². The molecule has 0 heterocycles. The number of amides is 4. The van der Waals surface area contributed by atoms with Crippen molar-refractivity contribution in [3.63, 3.8) is 0 Å². The summed E-state index contributed by atoms with van der Waals surface area (Å²) in [5, 5.41) is 19.3. The summed E-state index contributed by atoms with van der Waals surface area (Å²) in [7, 11) is 0. The van der Waals surface area contributed by atoms with Gasteiger partial charge in [0.1, 0.15) is 11.9 Å². The molecule has 0 aromatic heterocycles. The van der Waals surface area contributed by atoms with E-state index in [2.05, 4.69) is 21.3 Å². The first-order valence-electron chi connectivity index (χ1n) is 12.4. The molecule has 3 aromatic rings. The van der Waals surface area contributed by atoms with Crippen molar-refractivity contribution in [1.29, 1.82) is 0 Å². The van der Waals surface area contributed by atoms with Crippen LogP contribution in [0.15, 0.2) is 54.6 Å². The summed E-state index contributed by atoms with van der Waals surface area (Å²) in [4.78, 5) is 49.9. The summed E-state index contributed by atoms with van der Waals surface area (Å²) in [6.45, 7) is -0.423. The number of anilines is 1. The van der Waals surface area contributed by atoms with Crippen LogP contribution in [0.25, 0.3) is 0 Å². The van der Waals surface area contributed by atoms with Crippen LogP contribution in [-0.4, -0.2) is 41.5 Å². The summed E-state index contributed by atoms with van der Waals surface area (Å²) < 4.78 is 13.4. The van der Waals surface area contributed by atoms with Crippen LogP contribution in [0.2, 0.25) is 15.1 Å². The summed E-state index contributed by atoms with van der Waals surface area (Å²) in [5.74, 6) is -3.49. The maximum atomic E-state index is 13.4. The molecule has 0 bridgehead atoms. The van der Waals surface area contributed by atoms with Crippen molar-refractivity contribution in [3.05, 3.63) is 97.7 Å². The number of carboxylic acids is 1. The highest BCUT2D eigenvalue weighted by atomic mass is 35.5. The van der Waals surface area contributed by atoms with Gasteiger partial charge in [0.05, 0.1) is 45.3 Å².